The van der Waals surface area contributed by atoms with E-state index in [2.05, 4.69) is 81.7 Å². The van der Waals surface area contributed by atoms with Gasteiger partial charge in [0.25, 0.3) is 0 Å². The molecule has 1 fully saturated rings. The van der Waals surface area contributed by atoms with Gasteiger partial charge in [0.2, 0.25) is 23.6 Å². The fraction of sp³-hybridized carbons (Fsp3) is 0.660. The number of ether oxygens (including phenoxy) is 1. The van der Waals surface area contributed by atoms with Crippen LogP contribution in [0.25, 0.3) is 0 Å². The van der Waals surface area contributed by atoms with E-state index in [1.807, 2.05) is 69.8 Å². The van der Waals surface area contributed by atoms with Crippen LogP contribution >= 0.6 is 11.8 Å². The molecule has 0 aromatic heterocycles. The fourth-order valence-corrected chi connectivity index (χ4v) is 9.37. The second kappa shape index (κ2) is 22.8. The van der Waals surface area contributed by atoms with Gasteiger partial charge in [-0.2, -0.15) is 0 Å². The minimum atomic E-state index is -0.729. The average molecular weight is 822 g/mol. The summed E-state index contributed by atoms with van der Waals surface area (Å²) in [4.78, 5) is 62.0. The van der Waals surface area contributed by atoms with Gasteiger partial charge in [-0.25, -0.2) is 0 Å². The molecule has 11 heteroatoms. The Morgan fingerprint density at radius 2 is 1.55 bits per heavy atom. The number of rotatable bonds is 21. The lowest BCUT2D eigenvalue weighted by Gasteiger charge is -2.40. The molecule has 7 unspecified atom stereocenters. The molecule has 1 saturated heterocycles. The van der Waals surface area contributed by atoms with Crippen molar-refractivity contribution in [3.63, 3.8) is 0 Å². The normalized spacial score (nSPS) is 17.8. The van der Waals surface area contributed by atoms with Crippen molar-refractivity contribution < 1.29 is 23.9 Å². The maximum Gasteiger partial charge on any atom is 0.245 e. The van der Waals surface area contributed by atoms with Gasteiger partial charge in [0, 0.05) is 44.5 Å². The zero-order valence-electron chi connectivity index (χ0n) is 37.8. The number of hydrogen-bond acceptors (Lipinski definition) is 7. The summed E-state index contributed by atoms with van der Waals surface area (Å²) in [5.74, 6) is -0.485. The molecule has 0 saturated carbocycles. The Balaban J connectivity index is 1.70. The van der Waals surface area contributed by atoms with Gasteiger partial charge in [0.15, 0.2) is 0 Å². The number of nitrogens with zero attached hydrogens (tertiary/aromatic N) is 3. The highest BCUT2D eigenvalue weighted by Gasteiger charge is 2.40. The van der Waals surface area contributed by atoms with Crippen LogP contribution in [-0.4, -0.2) is 109 Å². The molecule has 0 radical (unpaired) electrons. The quantitative estimate of drug-likeness (QED) is 0.0990. The van der Waals surface area contributed by atoms with Crippen molar-refractivity contribution in [2.45, 2.75) is 153 Å². The van der Waals surface area contributed by atoms with Crippen molar-refractivity contribution in [3.8, 4) is 0 Å². The van der Waals surface area contributed by atoms with Crippen LogP contribution in [0.2, 0.25) is 0 Å². The molecule has 0 spiro atoms. The highest BCUT2D eigenvalue weighted by molar-refractivity contribution is 8.00. The van der Waals surface area contributed by atoms with Gasteiger partial charge in [-0.05, 0) is 79.8 Å². The zero-order valence-corrected chi connectivity index (χ0v) is 38.7. The summed E-state index contributed by atoms with van der Waals surface area (Å²) < 4.78 is 6.06. The van der Waals surface area contributed by atoms with Crippen molar-refractivity contribution >= 4 is 35.4 Å². The van der Waals surface area contributed by atoms with Crippen molar-refractivity contribution in [3.05, 3.63) is 65.7 Å². The molecule has 2 N–H and O–H groups in total. The molecule has 1 aliphatic heterocycles. The Morgan fingerprint density at radius 1 is 0.914 bits per heavy atom. The molecule has 58 heavy (non-hydrogen) atoms. The van der Waals surface area contributed by atoms with Crippen LogP contribution < -0.4 is 10.6 Å². The number of methoxy groups -OCH3 is 1. The first-order valence-corrected chi connectivity index (χ1v) is 22.3. The number of likely N-dealkylation sites (tertiary alicyclic amines) is 1. The highest BCUT2D eigenvalue weighted by Crippen LogP contribution is 2.30. The summed E-state index contributed by atoms with van der Waals surface area (Å²) in [7, 11) is 7.12. The standard InChI is InChI=1S/C47H75N5O5S/c1-14-33(6)44(51(12)46(56)42(31(2)3)49-45(55)43(32(4)5)50(10)11)38(57-13)30-41(54)52-28-18-21-36(52)24-27-39(53)48-40(29-34-19-16-15-17-20-34)58-37-25-22-35(23-26-37)47(7,8)9/h15-17,19-20,22-23,25-26,31-33,36,38,40,42-44H,14,18,21,24,27-30H2,1-13H3,(H,48,53)(H,49,55). The van der Waals surface area contributed by atoms with Crippen LogP contribution in [0.15, 0.2) is 59.5 Å². The van der Waals surface area contributed by atoms with Gasteiger partial charge in [0.1, 0.15) is 6.04 Å². The minimum absolute atomic E-state index is 0.0246. The Hall–Kier alpha value is -3.41. The molecule has 1 aliphatic rings. The minimum Gasteiger partial charge on any atom is -0.379 e. The third kappa shape index (κ3) is 14.1. The first-order chi connectivity index (χ1) is 27.3. The molecule has 2 aromatic rings. The van der Waals surface area contributed by atoms with E-state index >= 15 is 0 Å². The van der Waals surface area contributed by atoms with Gasteiger partial charge in [-0.3, -0.25) is 24.1 Å². The van der Waals surface area contributed by atoms with E-state index in [-0.39, 0.29) is 70.7 Å². The Labute approximate surface area is 355 Å². The first-order valence-electron chi connectivity index (χ1n) is 21.4. The number of benzene rings is 2. The van der Waals surface area contributed by atoms with Gasteiger partial charge in [-0.1, -0.05) is 111 Å². The average Bonchev–Trinajstić information content (AvgIpc) is 3.64. The predicted octanol–water partition coefficient (Wildman–Crippen LogP) is 7.54. The fourth-order valence-electron chi connectivity index (χ4n) is 8.29. The molecule has 10 nitrogen and oxygen atoms in total. The van der Waals surface area contributed by atoms with E-state index in [0.29, 0.717) is 25.8 Å². The lowest BCUT2D eigenvalue weighted by Crippen LogP contribution is -2.59. The van der Waals surface area contributed by atoms with Gasteiger partial charge in [0.05, 0.1) is 30.0 Å². The second-order valence-electron chi connectivity index (χ2n) is 18.2. The van der Waals surface area contributed by atoms with E-state index in [1.54, 1.807) is 30.8 Å². The maximum atomic E-state index is 14.2. The number of thioether (sulfide) groups is 1. The number of likely N-dealkylation sites (N-methyl/N-ethyl adjacent to an activating group) is 2. The third-order valence-corrected chi connectivity index (χ3v) is 12.9. The SMILES string of the molecule is CCC(C)C(C(CC(=O)N1CCCC1CCC(=O)NC(Cc1ccccc1)Sc1ccc(C(C)(C)C)cc1)OC)N(C)C(=O)C(NC(=O)C(C(C)C)N(C)C)C(C)C. The van der Waals surface area contributed by atoms with E-state index in [4.69, 9.17) is 4.74 Å². The first kappa shape index (κ1) is 49.0. The Morgan fingerprint density at radius 3 is 2.09 bits per heavy atom. The number of amides is 4. The lowest BCUT2D eigenvalue weighted by molar-refractivity contribution is -0.146. The van der Waals surface area contributed by atoms with E-state index in [1.165, 1.54) is 5.56 Å². The molecule has 324 valence electrons. The number of nitrogens with one attached hydrogen (secondary N) is 2. The molecular weight excluding hydrogens is 747 g/mol. The van der Waals surface area contributed by atoms with Crippen molar-refractivity contribution in [1.29, 1.82) is 0 Å². The van der Waals surface area contributed by atoms with Crippen molar-refractivity contribution in [2.75, 3.05) is 34.8 Å². The molecule has 1 heterocycles. The van der Waals surface area contributed by atoms with Crippen LogP contribution in [0.5, 0.6) is 0 Å². The summed E-state index contributed by atoms with van der Waals surface area (Å²) in [6, 6.07) is 17.3. The van der Waals surface area contributed by atoms with Crippen LogP contribution in [0.1, 0.15) is 112 Å². The Kier molecular flexibility index (Phi) is 19.3. The van der Waals surface area contributed by atoms with E-state index in [0.717, 1.165) is 29.7 Å². The van der Waals surface area contributed by atoms with Gasteiger partial charge >= 0.3 is 0 Å². The van der Waals surface area contributed by atoms with Gasteiger partial charge in [-0.15, -0.1) is 11.8 Å². The summed E-state index contributed by atoms with van der Waals surface area (Å²) >= 11 is 1.66. The largest absolute Gasteiger partial charge is 0.379 e. The highest BCUT2D eigenvalue weighted by atomic mass is 32.2. The van der Waals surface area contributed by atoms with E-state index < -0.39 is 18.2 Å². The molecule has 0 bridgehead atoms. The smallest absolute Gasteiger partial charge is 0.245 e. The second-order valence-corrected chi connectivity index (χ2v) is 19.5. The van der Waals surface area contributed by atoms with Crippen molar-refractivity contribution in [1.82, 2.24) is 25.3 Å². The summed E-state index contributed by atoms with van der Waals surface area (Å²) in [6.45, 7) is 19.3. The molecule has 2 aromatic carbocycles. The van der Waals surface area contributed by atoms with Crippen LogP contribution in [0, 0.1) is 17.8 Å². The number of carbonyl (C=O) groups excluding carboxylic acids is 4. The summed E-state index contributed by atoms with van der Waals surface area (Å²) in [5, 5.41) is 6.22. The Bertz CT molecular complexity index is 1590. The van der Waals surface area contributed by atoms with Crippen LogP contribution in [-0.2, 0) is 35.8 Å². The monoisotopic (exact) mass is 822 g/mol. The number of hydrogen-bond donors (Lipinski definition) is 2. The number of carbonyl (C=O) groups is 4. The molecule has 0 aliphatic carbocycles. The predicted molar refractivity (Wildman–Crippen MR) is 238 cm³/mol. The lowest BCUT2D eigenvalue weighted by atomic mass is 9.87. The third-order valence-electron chi connectivity index (χ3n) is 11.8. The van der Waals surface area contributed by atoms with E-state index in [9.17, 15) is 19.2 Å². The summed E-state index contributed by atoms with van der Waals surface area (Å²) in [6.07, 6.45) is 3.64. The molecule has 4 amide bonds. The molecule has 7 atom stereocenters. The maximum absolute atomic E-state index is 14.2. The van der Waals surface area contributed by atoms with Crippen molar-refractivity contribution in [2.24, 2.45) is 17.8 Å². The van der Waals surface area contributed by atoms with Crippen LogP contribution in [0.3, 0.4) is 0 Å². The zero-order chi connectivity index (χ0) is 43.3. The van der Waals surface area contributed by atoms with Crippen LogP contribution in [0.4, 0.5) is 0 Å². The van der Waals surface area contributed by atoms with Gasteiger partial charge < -0.3 is 25.2 Å². The molecular formula is C47H75N5O5S. The molecule has 3 rings (SSSR count). The summed E-state index contributed by atoms with van der Waals surface area (Å²) in [5.41, 5.74) is 2.49. The topological polar surface area (TPSA) is 111 Å².